The number of ether oxygens (including phenoxy) is 3. The Morgan fingerprint density at radius 3 is 2.80 bits per heavy atom. The van der Waals surface area contributed by atoms with Gasteiger partial charge in [0.05, 0.1) is 13.2 Å². The summed E-state index contributed by atoms with van der Waals surface area (Å²) in [6.45, 7) is 4.72. The number of carbonyl (C=O) groups is 1. The van der Waals surface area contributed by atoms with Crippen molar-refractivity contribution in [1.82, 2.24) is 5.32 Å². The molecule has 1 aliphatic heterocycles. The SMILES string of the molecule is COc1cc(/C=C\C(=O)N[C@H](C)c2ccc(C)o2)cc2c1OCCO2. The summed E-state index contributed by atoms with van der Waals surface area (Å²) in [5, 5.41) is 2.86. The maximum atomic E-state index is 12.1. The molecule has 0 bridgehead atoms. The van der Waals surface area contributed by atoms with E-state index in [0.717, 1.165) is 17.1 Å². The van der Waals surface area contributed by atoms with E-state index < -0.39 is 0 Å². The lowest BCUT2D eigenvalue weighted by atomic mass is 10.1. The Morgan fingerprint density at radius 1 is 1.28 bits per heavy atom. The Kier molecular flexibility index (Phi) is 4.97. The second-order valence-corrected chi connectivity index (χ2v) is 5.76. The molecule has 0 saturated carbocycles. The van der Waals surface area contributed by atoms with Gasteiger partial charge in [0.25, 0.3) is 0 Å². The maximum Gasteiger partial charge on any atom is 0.244 e. The fraction of sp³-hybridized carbons (Fsp3) is 0.316. The molecule has 132 valence electrons. The monoisotopic (exact) mass is 343 g/mol. The van der Waals surface area contributed by atoms with Crippen molar-refractivity contribution in [2.75, 3.05) is 20.3 Å². The molecule has 0 spiro atoms. The number of benzene rings is 1. The van der Waals surface area contributed by atoms with Crippen molar-refractivity contribution in [2.24, 2.45) is 0 Å². The van der Waals surface area contributed by atoms with Gasteiger partial charge in [-0.2, -0.15) is 0 Å². The summed E-state index contributed by atoms with van der Waals surface area (Å²) in [4.78, 5) is 12.1. The fourth-order valence-corrected chi connectivity index (χ4v) is 2.58. The number of aryl methyl sites for hydroxylation is 1. The minimum atomic E-state index is -0.213. The highest BCUT2D eigenvalue weighted by atomic mass is 16.6. The van der Waals surface area contributed by atoms with Crippen LogP contribution in [0.1, 0.15) is 30.0 Å². The molecule has 1 atom stereocenters. The number of amides is 1. The molecular formula is C19H21NO5. The number of furan rings is 1. The average molecular weight is 343 g/mol. The first-order chi connectivity index (χ1) is 12.1. The summed E-state index contributed by atoms with van der Waals surface area (Å²) < 4.78 is 22.0. The lowest BCUT2D eigenvalue weighted by molar-refractivity contribution is -0.117. The predicted molar refractivity (Wildman–Crippen MR) is 93.0 cm³/mol. The molecule has 2 aromatic rings. The van der Waals surface area contributed by atoms with E-state index in [1.807, 2.05) is 32.0 Å². The molecule has 6 nitrogen and oxygen atoms in total. The molecule has 3 rings (SSSR count). The van der Waals surface area contributed by atoms with Crippen LogP contribution >= 0.6 is 0 Å². The number of nitrogens with one attached hydrogen (secondary N) is 1. The van der Waals surface area contributed by atoms with Crippen molar-refractivity contribution in [1.29, 1.82) is 0 Å². The zero-order valence-corrected chi connectivity index (χ0v) is 14.5. The number of fused-ring (bicyclic) bond motifs is 1. The lowest BCUT2D eigenvalue weighted by Crippen LogP contribution is -2.24. The average Bonchev–Trinajstić information content (AvgIpc) is 3.05. The van der Waals surface area contributed by atoms with Gasteiger partial charge in [0.2, 0.25) is 11.7 Å². The van der Waals surface area contributed by atoms with Crippen LogP contribution in [0, 0.1) is 6.92 Å². The molecule has 1 aliphatic rings. The Bertz CT molecular complexity index is 776. The Balaban J connectivity index is 1.69. The number of hydrogen-bond donors (Lipinski definition) is 1. The van der Waals surface area contributed by atoms with Crippen LogP contribution in [0.2, 0.25) is 0 Å². The second kappa shape index (κ2) is 7.34. The zero-order chi connectivity index (χ0) is 17.8. The second-order valence-electron chi connectivity index (χ2n) is 5.76. The van der Waals surface area contributed by atoms with Gasteiger partial charge < -0.3 is 23.9 Å². The van der Waals surface area contributed by atoms with Gasteiger partial charge in [-0.15, -0.1) is 0 Å². The highest BCUT2D eigenvalue weighted by Crippen LogP contribution is 2.40. The molecule has 25 heavy (non-hydrogen) atoms. The quantitative estimate of drug-likeness (QED) is 0.844. The highest BCUT2D eigenvalue weighted by Gasteiger charge is 2.18. The minimum Gasteiger partial charge on any atom is -0.493 e. The summed E-state index contributed by atoms with van der Waals surface area (Å²) in [6.07, 6.45) is 3.17. The van der Waals surface area contributed by atoms with Gasteiger partial charge in [-0.05, 0) is 49.8 Å². The summed E-state index contributed by atoms with van der Waals surface area (Å²) >= 11 is 0. The molecule has 0 saturated heterocycles. The van der Waals surface area contributed by atoms with E-state index in [2.05, 4.69) is 5.32 Å². The number of hydrogen-bond acceptors (Lipinski definition) is 5. The van der Waals surface area contributed by atoms with E-state index in [1.165, 1.54) is 6.08 Å². The van der Waals surface area contributed by atoms with Crippen LogP contribution in [0.4, 0.5) is 0 Å². The van der Waals surface area contributed by atoms with Gasteiger partial charge in [0.15, 0.2) is 11.5 Å². The molecule has 0 radical (unpaired) electrons. The molecule has 1 amide bonds. The topological polar surface area (TPSA) is 69.9 Å². The minimum absolute atomic E-state index is 0.208. The Morgan fingerprint density at radius 2 is 2.08 bits per heavy atom. The van der Waals surface area contributed by atoms with E-state index in [4.69, 9.17) is 18.6 Å². The van der Waals surface area contributed by atoms with Crippen LogP contribution in [-0.2, 0) is 4.79 Å². The molecule has 0 aliphatic carbocycles. The van der Waals surface area contributed by atoms with Crippen molar-refractivity contribution in [3.05, 3.63) is 47.4 Å². The Labute approximate surface area is 146 Å². The first-order valence-electron chi connectivity index (χ1n) is 8.09. The number of rotatable bonds is 5. The van der Waals surface area contributed by atoms with Crippen LogP contribution in [0.5, 0.6) is 17.2 Å². The van der Waals surface area contributed by atoms with Crippen molar-refractivity contribution in [3.63, 3.8) is 0 Å². The number of methoxy groups -OCH3 is 1. The normalized spacial score (nSPS) is 14.4. The van der Waals surface area contributed by atoms with Crippen LogP contribution in [0.25, 0.3) is 6.08 Å². The van der Waals surface area contributed by atoms with Gasteiger partial charge in [-0.3, -0.25) is 4.79 Å². The van der Waals surface area contributed by atoms with Crippen LogP contribution in [0.15, 0.2) is 34.8 Å². The molecule has 6 heteroatoms. The van der Waals surface area contributed by atoms with Crippen LogP contribution < -0.4 is 19.5 Å². The Hall–Kier alpha value is -2.89. The van der Waals surface area contributed by atoms with E-state index in [0.29, 0.717) is 30.5 Å². The van der Waals surface area contributed by atoms with Gasteiger partial charge in [-0.1, -0.05) is 0 Å². The molecule has 0 unspecified atom stereocenters. The number of carbonyl (C=O) groups excluding carboxylic acids is 1. The lowest BCUT2D eigenvalue weighted by Gasteiger charge is -2.20. The van der Waals surface area contributed by atoms with Gasteiger partial charge in [0.1, 0.15) is 24.7 Å². The summed E-state index contributed by atoms with van der Waals surface area (Å²) in [5.74, 6) is 3.12. The largest absolute Gasteiger partial charge is 0.493 e. The summed E-state index contributed by atoms with van der Waals surface area (Å²) in [7, 11) is 1.57. The standard InChI is InChI=1S/C19H21NO5/c1-12-4-6-15(25-12)13(2)20-18(21)7-5-14-10-16(22-3)19-17(11-14)23-8-9-24-19/h4-7,10-11,13H,8-9H2,1-3H3,(H,20,21)/b7-5-/t13-/m1/s1. The highest BCUT2D eigenvalue weighted by molar-refractivity contribution is 5.92. The first-order valence-corrected chi connectivity index (χ1v) is 8.09. The van der Waals surface area contributed by atoms with Crippen LogP contribution in [0.3, 0.4) is 0 Å². The van der Waals surface area contributed by atoms with Gasteiger partial charge >= 0.3 is 0 Å². The fourth-order valence-electron chi connectivity index (χ4n) is 2.58. The third-order valence-electron chi connectivity index (χ3n) is 3.82. The van der Waals surface area contributed by atoms with Crippen molar-refractivity contribution in [3.8, 4) is 17.2 Å². The zero-order valence-electron chi connectivity index (χ0n) is 14.5. The summed E-state index contributed by atoms with van der Waals surface area (Å²) in [6, 6.07) is 7.14. The van der Waals surface area contributed by atoms with Gasteiger partial charge in [0, 0.05) is 6.08 Å². The van der Waals surface area contributed by atoms with E-state index in [-0.39, 0.29) is 11.9 Å². The predicted octanol–water partition coefficient (Wildman–Crippen LogP) is 3.26. The van der Waals surface area contributed by atoms with E-state index in [9.17, 15) is 4.79 Å². The molecule has 1 aromatic carbocycles. The van der Waals surface area contributed by atoms with Crippen molar-refractivity contribution in [2.45, 2.75) is 19.9 Å². The summed E-state index contributed by atoms with van der Waals surface area (Å²) in [5.41, 5.74) is 0.790. The molecular weight excluding hydrogens is 322 g/mol. The first kappa shape index (κ1) is 17.0. The molecule has 2 heterocycles. The van der Waals surface area contributed by atoms with E-state index in [1.54, 1.807) is 19.3 Å². The van der Waals surface area contributed by atoms with Crippen molar-refractivity contribution < 1.29 is 23.4 Å². The molecule has 1 N–H and O–H groups in total. The van der Waals surface area contributed by atoms with Crippen molar-refractivity contribution >= 4 is 12.0 Å². The van der Waals surface area contributed by atoms with E-state index >= 15 is 0 Å². The maximum absolute atomic E-state index is 12.1. The third-order valence-corrected chi connectivity index (χ3v) is 3.82. The third kappa shape index (κ3) is 3.96. The molecule has 1 aromatic heterocycles. The molecule has 0 fully saturated rings. The van der Waals surface area contributed by atoms with Gasteiger partial charge in [-0.25, -0.2) is 0 Å². The van der Waals surface area contributed by atoms with Crippen LogP contribution in [-0.4, -0.2) is 26.2 Å². The smallest absolute Gasteiger partial charge is 0.244 e.